The van der Waals surface area contributed by atoms with E-state index >= 15 is 0 Å². The van der Waals surface area contributed by atoms with Gasteiger partial charge in [-0.2, -0.15) is 0 Å². The number of imide groups is 1. The Balaban J connectivity index is 1.66. The van der Waals surface area contributed by atoms with Crippen LogP contribution in [0.1, 0.15) is 50.5 Å². The monoisotopic (exact) mass is 441 g/mol. The molecule has 1 aromatic carbocycles. The SMILES string of the molecule is C[C@]1(CN2C(=O)NC(=O)C23CC(C(N)=O)C3)CCC[C@@H]1c1c(F)ccc(Cl)c1Cl. The number of nitrogens with zero attached hydrogens (tertiary/aromatic N) is 1. The zero-order valence-corrected chi connectivity index (χ0v) is 17.4. The summed E-state index contributed by atoms with van der Waals surface area (Å²) in [5, 5.41) is 2.85. The van der Waals surface area contributed by atoms with E-state index in [-0.39, 0.29) is 35.3 Å². The molecule has 3 aliphatic rings. The molecule has 1 aliphatic heterocycles. The molecule has 29 heavy (non-hydrogen) atoms. The van der Waals surface area contributed by atoms with Crippen molar-refractivity contribution < 1.29 is 18.8 Å². The van der Waals surface area contributed by atoms with E-state index in [0.717, 1.165) is 12.8 Å². The molecule has 9 heteroatoms. The highest BCUT2D eigenvalue weighted by molar-refractivity contribution is 6.42. The molecule has 0 unspecified atom stereocenters. The molecule has 1 aromatic rings. The minimum absolute atomic E-state index is 0.193. The molecule has 2 saturated carbocycles. The summed E-state index contributed by atoms with van der Waals surface area (Å²) in [6.45, 7) is 2.23. The first kappa shape index (κ1) is 20.4. The zero-order chi connectivity index (χ0) is 21.1. The van der Waals surface area contributed by atoms with Crippen molar-refractivity contribution in [2.75, 3.05) is 6.54 Å². The molecular weight excluding hydrogens is 420 g/mol. The molecule has 1 spiro atoms. The van der Waals surface area contributed by atoms with Gasteiger partial charge in [-0.25, -0.2) is 9.18 Å². The van der Waals surface area contributed by atoms with Crippen molar-refractivity contribution in [2.24, 2.45) is 17.1 Å². The lowest BCUT2D eigenvalue weighted by Gasteiger charge is -2.49. The largest absolute Gasteiger partial charge is 0.369 e. The van der Waals surface area contributed by atoms with Crippen molar-refractivity contribution in [2.45, 2.75) is 50.5 Å². The van der Waals surface area contributed by atoms with E-state index in [1.807, 2.05) is 6.92 Å². The third-order valence-electron chi connectivity index (χ3n) is 7.00. The first-order chi connectivity index (χ1) is 13.6. The standard InChI is InChI=1S/C20H22Cl2FN3O3/c1-19(6-2-3-11(19)14-13(23)5-4-12(21)15(14)22)9-26-18(29)25-17(28)20(26)7-10(8-20)16(24)27/h4-5,10-11H,2-3,6-9H2,1H3,(H2,24,27)(H,25,28,29)/t10?,11-,19-,20?/m1/s1. The second kappa shape index (κ2) is 6.84. The molecule has 3 N–H and O–H groups in total. The van der Waals surface area contributed by atoms with E-state index in [2.05, 4.69) is 5.32 Å². The van der Waals surface area contributed by atoms with Crippen LogP contribution in [0.2, 0.25) is 10.0 Å². The quantitative estimate of drug-likeness (QED) is 0.552. The van der Waals surface area contributed by atoms with Gasteiger partial charge in [0, 0.05) is 18.0 Å². The fourth-order valence-electron chi connectivity index (χ4n) is 5.32. The molecule has 2 atom stereocenters. The number of hydrogen-bond donors (Lipinski definition) is 2. The minimum Gasteiger partial charge on any atom is -0.369 e. The summed E-state index contributed by atoms with van der Waals surface area (Å²) in [6.07, 6.45) is 2.71. The van der Waals surface area contributed by atoms with Crippen molar-refractivity contribution >= 4 is 41.0 Å². The van der Waals surface area contributed by atoms with Crippen molar-refractivity contribution in [1.29, 1.82) is 0 Å². The van der Waals surface area contributed by atoms with E-state index in [1.165, 1.54) is 17.0 Å². The summed E-state index contributed by atoms with van der Waals surface area (Å²) in [5.74, 6) is -1.97. The number of nitrogens with two attached hydrogens (primary N) is 1. The molecule has 3 fully saturated rings. The van der Waals surface area contributed by atoms with Crippen LogP contribution in [0.3, 0.4) is 0 Å². The number of primary amides is 1. The molecule has 6 nitrogen and oxygen atoms in total. The molecule has 1 saturated heterocycles. The first-order valence-electron chi connectivity index (χ1n) is 9.65. The second-order valence-corrected chi connectivity index (χ2v) is 9.53. The molecular formula is C20H22Cl2FN3O3. The Morgan fingerprint density at radius 1 is 1.34 bits per heavy atom. The van der Waals surface area contributed by atoms with Gasteiger partial charge in [0.15, 0.2) is 0 Å². The third-order valence-corrected chi connectivity index (χ3v) is 7.82. The Morgan fingerprint density at radius 2 is 2.03 bits per heavy atom. The molecule has 1 heterocycles. The fraction of sp³-hybridized carbons (Fsp3) is 0.550. The van der Waals surface area contributed by atoms with Gasteiger partial charge in [-0.15, -0.1) is 0 Å². The van der Waals surface area contributed by atoms with Crippen molar-refractivity contribution in [3.05, 3.63) is 33.6 Å². The van der Waals surface area contributed by atoms with Gasteiger partial charge >= 0.3 is 6.03 Å². The van der Waals surface area contributed by atoms with Crippen LogP contribution in [0.5, 0.6) is 0 Å². The number of rotatable bonds is 4. The van der Waals surface area contributed by atoms with E-state index in [9.17, 15) is 18.8 Å². The Bertz CT molecular complexity index is 918. The predicted molar refractivity (Wildman–Crippen MR) is 106 cm³/mol. The maximum atomic E-state index is 14.7. The van der Waals surface area contributed by atoms with Crippen molar-refractivity contribution in [3.63, 3.8) is 0 Å². The highest BCUT2D eigenvalue weighted by Gasteiger charge is 2.63. The summed E-state index contributed by atoms with van der Waals surface area (Å²) in [4.78, 5) is 38.1. The topological polar surface area (TPSA) is 92.5 Å². The smallest absolute Gasteiger partial charge is 0.325 e. The maximum Gasteiger partial charge on any atom is 0.325 e. The molecule has 0 radical (unpaired) electrons. The van der Waals surface area contributed by atoms with Crippen molar-refractivity contribution in [1.82, 2.24) is 10.2 Å². The summed E-state index contributed by atoms with van der Waals surface area (Å²) in [6, 6.07) is 2.25. The van der Waals surface area contributed by atoms with E-state index < -0.39 is 40.5 Å². The van der Waals surface area contributed by atoms with E-state index in [4.69, 9.17) is 28.9 Å². The number of nitrogens with one attached hydrogen (secondary N) is 1. The Morgan fingerprint density at radius 3 is 2.69 bits per heavy atom. The first-order valence-corrected chi connectivity index (χ1v) is 10.4. The number of halogens is 3. The van der Waals surface area contributed by atoms with Crippen LogP contribution in [-0.2, 0) is 9.59 Å². The summed E-state index contributed by atoms with van der Waals surface area (Å²) in [7, 11) is 0. The van der Waals surface area contributed by atoms with Crippen LogP contribution in [0.4, 0.5) is 9.18 Å². The lowest BCUT2D eigenvalue weighted by atomic mass is 9.66. The molecule has 2 aliphatic carbocycles. The van der Waals surface area contributed by atoms with Crippen molar-refractivity contribution in [3.8, 4) is 0 Å². The number of carbonyl (C=O) groups is 3. The van der Waals surface area contributed by atoms with E-state index in [1.54, 1.807) is 0 Å². The number of benzene rings is 1. The highest BCUT2D eigenvalue weighted by atomic mass is 35.5. The van der Waals surface area contributed by atoms with Gasteiger partial charge in [0.25, 0.3) is 5.91 Å². The number of urea groups is 1. The van der Waals surface area contributed by atoms with Crippen LogP contribution in [0.15, 0.2) is 12.1 Å². The van der Waals surface area contributed by atoms with Gasteiger partial charge in [0.1, 0.15) is 11.4 Å². The van der Waals surface area contributed by atoms with Gasteiger partial charge in [-0.05, 0) is 49.1 Å². The lowest BCUT2D eigenvalue weighted by molar-refractivity contribution is -0.141. The second-order valence-electron chi connectivity index (χ2n) is 8.74. The maximum absolute atomic E-state index is 14.7. The lowest BCUT2D eigenvalue weighted by Crippen LogP contribution is -2.62. The third kappa shape index (κ3) is 3.01. The van der Waals surface area contributed by atoms with Crippen LogP contribution < -0.4 is 11.1 Å². The minimum atomic E-state index is -1.05. The van der Waals surface area contributed by atoms with Gasteiger partial charge in [0.2, 0.25) is 5.91 Å². The summed E-state index contributed by atoms with van der Waals surface area (Å²) >= 11 is 12.5. The van der Waals surface area contributed by atoms with Gasteiger partial charge < -0.3 is 10.6 Å². The normalized spacial score (nSPS) is 33.9. The number of carbonyl (C=O) groups excluding carboxylic acids is 3. The fourth-order valence-corrected chi connectivity index (χ4v) is 5.77. The van der Waals surface area contributed by atoms with Gasteiger partial charge in [-0.1, -0.05) is 36.5 Å². The number of amides is 4. The molecule has 4 rings (SSSR count). The zero-order valence-electron chi connectivity index (χ0n) is 15.9. The van der Waals surface area contributed by atoms with E-state index in [0.29, 0.717) is 12.0 Å². The van der Waals surface area contributed by atoms with Crippen LogP contribution in [0.25, 0.3) is 0 Å². The van der Waals surface area contributed by atoms with Gasteiger partial charge in [0.05, 0.1) is 10.0 Å². The molecule has 156 valence electrons. The number of hydrogen-bond acceptors (Lipinski definition) is 3. The predicted octanol–water partition coefficient (Wildman–Crippen LogP) is 3.59. The highest BCUT2D eigenvalue weighted by Crippen LogP contribution is 2.55. The average molecular weight is 442 g/mol. The van der Waals surface area contributed by atoms with Crippen LogP contribution in [-0.4, -0.2) is 34.8 Å². The van der Waals surface area contributed by atoms with Gasteiger partial charge in [-0.3, -0.25) is 14.9 Å². The summed E-state index contributed by atoms with van der Waals surface area (Å²) in [5.41, 5.74) is 4.18. The molecule has 4 amide bonds. The van der Waals surface area contributed by atoms with Crippen LogP contribution >= 0.6 is 23.2 Å². The summed E-state index contributed by atoms with van der Waals surface area (Å²) < 4.78 is 14.7. The Hall–Kier alpha value is -1.86. The molecule has 0 bridgehead atoms. The Labute approximate surface area is 177 Å². The van der Waals surface area contributed by atoms with Crippen LogP contribution in [0, 0.1) is 17.2 Å². The molecule has 0 aromatic heterocycles. The Kier molecular flexibility index (Phi) is 4.82. The average Bonchev–Trinajstić information content (AvgIpc) is 3.08.